The molecule has 1 rings (SSSR count). The van der Waals surface area contributed by atoms with Gasteiger partial charge in [-0.1, -0.05) is 0 Å². The molecule has 1 heterocycles. The summed E-state index contributed by atoms with van der Waals surface area (Å²) in [4.78, 5) is 1.75. The van der Waals surface area contributed by atoms with Crippen molar-refractivity contribution in [2.75, 3.05) is 25.1 Å². The van der Waals surface area contributed by atoms with Crippen molar-refractivity contribution >= 4 is 9.84 Å². The van der Waals surface area contributed by atoms with E-state index in [0.29, 0.717) is 6.54 Å². The van der Waals surface area contributed by atoms with E-state index in [9.17, 15) is 13.5 Å². The van der Waals surface area contributed by atoms with Crippen LogP contribution in [0.2, 0.25) is 0 Å². The average Bonchev–Trinajstić information content (AvgIpc) is 2.39. The van der Waals surface area contributed by atoms with Gasteiger partial charge in [0, 0.05) is 6.54 Å². The van der Waals surface area contributed by atoms with E-state index in [1.807, 2.05) is 0 Å². The minimum Gasteiger partial charge on any atom is -0.390 e. The topological polar surface area (TPSA) is 81.4 Å². The number of hydrogen-bond acceptors (Lipinski definition) is 5. The van der Waals surface area contributed by atoms with Gasteiger partial charge in [-0.3, -0.25) is 4.90 Å². The van der Waals surface area contributed by atoms with Crippen LogP contribution in [0.15, 0.2) is 0 Å². The number of sulfone groups is 1. The molecule has 1 aliphatic heterocycles. The second-order valence-corrected chi connectivity index (χ2v) is 6.34. The van der Waals surface area contributed by atoms with E-state index in [1.165, 1.54) is 0 Å². The van der Waals surface area contributed by atoms with E-state index >= 15 is 0 Å². The largest absolute Gasteiger partial charge is 0.390 e. The zero-order chi connectivity index (χ0) is 11.6. The van der Waals surface area contributed by atoms with Gasteiger partial charge in [0.2, 0.25) is 0 Å². The fourth-order valence-corrected chi connectivity index (χ4v) is 3.72. The highest BCUT2D eigenvalue weighted by molar-refractivity contribution is 7.91. The van der Waals surface area contributed by atoms with Gasteiger partial charge in [-0.2, -0.15) is 5.26 Å². The highest BCUT2D eigenvalue weighted by Crippen LogP contribution is 2.18. The number of nitriles is 1. The van der Waals surface area contributed by atoms with E-state index in [4.69, 9.17) is 5.26 Å². The van der Waals surface area contributed by atoms with Crippen LogP contribution in [0.1, 0.15) is 6.92 Å². The Hall–Kier alpha value is -0.640. The highest BCUT2D eigenvalue weighted by atomic mass is 32.2. The Morgan fingerprint density at radius 3 is 2.60 bits per heavy atom. The monoisotopic (exact) mass is 232 g/mol. The second kappa shape index (κ2) is 4.47. The maximum absolute atomic E-state index is 11.3. The van der Waals surface area contributed by atoms with Crippen LogP contribution >= 0.6 is 0 Å². The van der Waals surface area contributed by atoms with E-state index in [0.717, 1.165) is 0 Å². The summed E-state index contributed by atoms with van der Waals surface area (Å²) >= 11 is 0. The fraction of sp³-hybridized carbons (Fsp3) is 0.889. The van der Waals surface area contributed by atoms with Crippen molar-refractivity contribution < 1.29 is 13.5 Å². The third kappa shape index (κ3) is 3.16. The van der Waals surface area contributed by atoms with Crippen molar-refractivity contribution in [3.05, 3.63) is 0 Å². The SMILES string of the molecule is CC(C#N)CN(C)C1CS(=O)(=O)CC1O. The molecule has 15 heavy (non-hydrogen) atoms. The lowest BCUT2D eigenvalue weighted by Crippen LogP contribution is -2.42. The molecule has 0 amide bonds. The van der Waals surface area contributed by atoms with Crippen LogP contribution in [0.5, 0.6) is 0 Å². The Morgan fingerprint density at radius 2 is 2.20 bits per heavy atom. The summed E-state index contributed by atoms with van der Waals surface area (Å²) in [7, 11) is -1.37. The number of nitrogens with zero attached hydrogens (tertiary/aromatic N) is 2. The number of likely N-dealkylation sites (N-methyl/N-ethyl adjacent to an activating group) is 1. The zero-order valence-electron chi connectivity index (χ0n) is 8.92. The van der Waals surface area contributed by atoms with Gasteiger partial charge in [0.1, 0.15) is 0 Å². The maximum atomic E-state index is 11.3. The molecule has 1 N–H and O–H groups in total. The smallest absolute Gasteiger partial charge is 0.154 e. The van der Waals surface area contributed by atoms with E-state index in [-0.39, 0.29) is 23.5 Å². The first kappa shape index (κ1) is 12.4. The van der Waals surface area contributed by atoms with Crippen LogP contribution in [-0.4, -0.2) is 55.7 Å². The highest BCUT2D eigenvalue weighted by Gasteiger charge is 2.38. The van der Waals surface area contributed by atoms with Gasteiger partial charge >= 0.3 is 0 Å². The molecular formula is C9H16N2O3S. The van der Waals surface area contributed by atoms with Gasteiger partial charge in [-0.05, 0) is 14.0 Å². The molecule has 6 heteroatoms. The molecular weight excluding hydrogens is 216 g/mol. The molecule has 0 aliphatic carbocycles. The van der Waals surface area contributed by atoms with Gasteiger partial charge in [0.15, 0.2) is 9.84 Å². The van der Waals surface area contributed by atoms with Crippen molar-refractivity contribution in [3.63, 3.8) is 0 Å². The van der Waals surface area contributed by atoms with Gasteiger partial charge in [0.25, 0.3) is 0 Å². The summed E-state index contributed by atoms with van der Waals surface area (Å²) in [6.07, 6.45) is -0.828. The molecule has 1 saturated heterocycles. The molecule has 0 radical (unpaired) electrons. The summed E-state index contributed by atoms with van der Waals surface area (Å²) < 4.78 is 22.5. The molecule has 0 aromatic rings. The predicted octanol–water partition coefficient (Wildman–Crippen LogP) is -0.764. The summed E-state index contributed by atoms with van der Waals surface area (Å²) in [5.41, 5.74) is 0. The molecule has 1 fully saturated rings. The quantitative estimate of drug-likeness (QED) is 0.691. The Labute approximate surface area is 90.2 Å². The van der Waals surface area contributed by atoms with Crippen LogP contribution in [0.4, 0.5) is 0 Å². The Balaban J connectivity index is 2.62. The van der Waals surface area contributed by atoms with Crippen molar-refractivity contribution in [3.8, 4) is 6.07 Å². The first-order chi connectivity index (χ1) is 6.85. The van der Waals surface area contributed by atoms with Crippen LogP contribution in [0.25, 0.3) is 0 Å². The summed E-state index contributed by atoms with van der Waals surface area (Å²) in [6.45, 7) is 2.25. The number of aliphatic hydroxyl groups excluding tert-OH is 1. The number of aliphatic hydroxyl groups is 1. The molecule has 0 bridgehead atoms. The third-order valence-corrected chi connectivity index (χ3v) is 4.34. The normalized spacial score (nSPS) is 31.4. The zero-order valence-corrected chi connectivity index (χ0v) is 9.74. The van der Waals surface area contributed by atoms with E-state index in [2.05, 4.69) is 6.07 Å². The van der Waals surface area contributed by atoms with Gasteiger partial charge in [0.05, 0.1) is 35.6 Å². The minimum absolute atomic E-state index is 0.0111. The average molecular weight is 232 g/mol. The van der Waals surface area contributed by atoms with Gasteiger partial charge in [-0.15, -0.1) is 0 Å². The summed E-state index contributed by atoms with van der Waals surface area (Å²) in [6, 6.07) is 1.71. The standard InChI is InChI=1S/C9H16N2O3S/c1-7(3-10)4-11(2)8-5-15(13,14)6-9(8)12/h7-9,12H,4-6H2,1-2H3. The summed E-state index contributed by atoms with van der Waals surface area (Å²) in [5.74, 6) is -0.336. The first-order valence-electron chi connectivity index (χ1n) is 4.84. The van der Waals surface area contributed by atoms with Crippen LogP contribution < -0.4 is 0 Å². The van der Waals surface area contributed by atoms with Gasteiger partial charge < -0.3 is 5.11 Å². The van der Waals surface area contributed by atoms with Crippen LogP contribution in [0.3, 0.4) is 0 Å². The molecule has 0 aromatic heterocycles. The Bertz CT molecular complexity index is 360. The molecule has 0 aromatic carbocycles. The van der Waals surface area contributed by atoms with Gasteiger partial charge in [-0.25, -0.2) is 8.42 Å². The lowest BCUT2D eigenvalue weighted by Gasteiger charge is -2.26. The van der Waals surface area contributed by atoms with E-state index in [1.54, 1.807) is 18.9 Å². The minimum atomic E-state index is -3.11. The molecule has 3 unspecified atom stereocenters. The predicted molar refractivity (Wildman–Crippen MR) is 55.9 cm³/mol. The number of hydrogen-bond donors (Lipinski definition) is 1. The summed E-state index contributed by atoms with van der Waals surface area (Å²) in [5, 5.41) is 18.2. The maximum Gasteiger partial charge on any atom is 0.154 e. The lowest BCUT2D eigenvalue weighted by atomic mass is 10.1. The van der Waals surface area contributed by atoms with Crippen molar-refractivity contribution in [2.45, 2.75) is 19.1 Å². The Morgan fingerprint density at radius 1 is 1.60 bits per heavy atom. The van der Waals surface area contributed by atoms with Crippen molar-refractivity contribution in [2.24, 2.45) is 5.92 Å². The lowest BCUT2D eigenvalue weighted by molar-refractivity contribution is 0.0955. The molecule has 5 nitrogen and oxygen atoms in total. The van der Waals surface area contributed by atoms with Crippen LogP contribution in [-0.2, 0) is 9.84 Å². The Kier molecular flexibility index (Phi) is 3.71. The van der Waals surface area contributed by atoms with Crippen molar-refractivity contribution in [1.29, 1.82) is 5.26 Å². The second-order valence-electron chi connectivity index (χ2n) is 4.18. The first-order valence-corrected chi connectivity index (χ1v) is 6.66. The molecule has 0 saturated carbocycles. The van der Waals surface area contributed by atoms with Crippen LogP contribution in [0, 0.1) is 17.2 Å². The third-order valence-electron chi connectivity index (χ3n) is 2.64. The van der Waals surface area contributed by atoms with E-state index < -0.39 is 15.9 Å². The van der Waals surface area contributed by atoms with Crippen molar-refractivity contribution in [1.82, 2.24) is 4.90 Å². The molecule has 0 spiro atoms. The number of rotatable bonds is 3. The molecule has 3 atom stereocenters. The molecule has 86 valence electrons. The fourth-order valence-electron chi connectivity index (χ4n) is 1.84. The molecule has 1 aliphatic rings.